The Kier molecular flexibility index (Phi) is 7.21. The maximum absolute atomic E-state index is 13.1. The van der Waals surface area contributed by atoms with Gasteiger partial charge in [-0.2, -0.15) is 4.68 Å². The summed E-state index contributed by atoms with van der Waals surface area (Å²) in [5, 5.41) is 7.11. The molecule has 1 aromatic heterocycles. The van der Waals surface area contributed by atoms with Crippen LogP contribution >= 0.6 is 0 Å². The number of carbonyl (C=O) groups is 3. The molecule has 0 atom stereocenters. The third kappa shape index (κ3) is 5.62. The fourth-order valence-electron chi connectivity index (χ4n) is 4.20. The SMILES string of the molecule is CCOC(=O)n1nc(NC(=O)c2ccc(N3CCN(C)CC3)cc2)c2c1CN(C(=O)OC(C)(C)C)C2. The second-order valence-electron chi connectivity index (χ2n) is 10.0. The van der Waals surface area contributed by atoms with Crippen LogP contribution in [0.4, 0.5) is 21.1 Å². The van der Waals surface area contributed by atoms with Crippen molar-refractivity contribution >= 4 is 29.6 Å². The van der Waals surface area contributed by atoms with Gasteiger partial charge in [0.2, 0.25) is 0 Å². The molecule has 1 aromatic carbocycles. The Hall–Kier alpha value is -3.60. The van der Waals surface area contributed by atoms with E-state index in [0.29, 0.717) is 16.8 Å². The van der Waals surface area contributed by atoms with Crippen LogP contribution in [0, 0.1) is 0 Å². The lowest BCUT2D eigenvalue weighted by atomic mass is 10.1. The molecule has 11 nitrogen and oxygen atoms in total. The Morgan fingerprint density at radius 1 is 1.00 bits per heavy atom. The van der Waals surface area contributed by atoms with Gasteiger partial charge in [-0.3, -0.25) is 9.69 Å². The third-order valence-corrected chi connectivity index (χ3v) is 6.10. The smallest absolute Gasteiger partial charge is 0.435 e. The van der Waals surface area contributed by atoms with Crippen LogP contribution in [0.5, 0.6) is 0 Å². The highest BCUT2D eigenvalue weighted by Crippen LogP contribution is 2.31. The average molecular weight is 499 g/mol. The van der Waals surface area contributed by atoms with E-state index < -0.39 is 17.8 Å². The van der Waals surface area contributed by atoms with Crippen LogP contribution in [0.15, 0.2) is 24.3 Å². The van der Waals surface area contributed by atoms with Crippen molar-refractivity contribution in [1.29, 1.82) is 0 Å². The molecule has 0 unspecified atom stereocenters. The van der Waals surface area contributed by atoms with Crippen LogP contribution in [0.25, 0.3) is 0 Å². The van der Waals surface area contributed by atoms with Crippen molar-refractivity contribution in [3.05, 3.63) is 41.1 Å². The van der Waals surface area contributed by atoms with E-state index in [1.54, 1.807) is 39.8 Å². The summed E-state index contributed by atoms with van der Waals surface area (Å²) in [6.07, 6.45) is -1.18. The molecular formula is C25H34N6O5. The standard InChI is InChI=1S/C25H34N6O5/c1-6-35-24(34)31-20-16-30(23(33)36-25(2,3)4)15-19(20)21(27-31)26-22(32)17-7-9-18(10-8-17)29-13-11-28(5)12-14-29/h7-10H,6,11-16H2,1-5H3,(H,26,27,32). The lowest BCUT2D eigenvalue weighted by Gasteiger charge is -2.34. The maximum Gasteiger partial charge on any atom is 0.435 e. The zero-order valence-corrected chi connectivity index (χ0v) is 21.5. The van der Waals surface area contributed by atoms with Crippen molar-refractivity contribution in [2.24, 2.45) is 0 Å². The Morgan fingerprint density at radius 3 is 2.28 bits per heavy atom. The van der Waals surface area contributed by atoms with E-state index in [1.165, 1.54) is 4.90 Å². The molecule has 0 radical (unpaired) electrons. The number of piperazine rings is 1. The number of benzene rings is 1. The van der Waals surface area contributed by atoms with E-state index >= 15 is 0 Å². The molecule has 1 saturated heterocycles. The summed E-state index contributed by atoms with van der Waals surface area (Å²) >= 11 is 0. The summed E-state index contributed by atoms with van der Waals surface area (Å²) < 4.78 is 11.7. The summed E-state index contributed by atoms with van der Waals surface area (Å²) in [6.45, 7) is 11.4. The lowest BCUT2D eigenvalue weighted by Crippen LogP contribution is -2.44. The van der Waals surface area contributed by atoms with Crippen molar-refractivity contribution < 1.29 is 23.9 Å². The number of hydrogen-bond donors (Lipinski definition) is 1. The summed E-state index contributed by atoms with van der Waals surface area (Å²) in [5.74, 6) is -0.135. The van der Waals surface area contributed by atoms with Gasteiger partial charge in [-0.1, -0.05) is 0 Å². The van der Waals surface area contributed by atoms with Gasteiger partial charge in [-0.15, -0.1) is 5.10 Å². The summed E-state index contributed by atoms with van der Waals surface area (Å²) in [4.78, 5) is 44.2. The number of rotatable bonds is 4. The van der Waals surface area contributed by atoms with Crippen molar-refractivity contribution in [3.63, 3.8) is 0 Å². The number of fused-ring (bicyclic) bond motifs is 1. The summed E-state index contributed by atoms with van der Waals surface area (Å²) in [7, 11) is 2.11. The van der Waals surface area contributed by atoms with E-state index in [-0.39, 0.29) is 31.4 Å². The first kappa shape index (κ1) is 25.5. The second-order valence-corrected chi connectivity index (χ2v) is 10.0. The molecule has 2 aromatic rings. The van der Waals surface area contributed by atoms with Gasteiger partial charge in [-0.05, 0) is 59.0 Å². The number of nitrogens with zero attached hydrogens (tertiary/aromatic N) is 5. The minimum absolute atomic E-state index is 0.117. The van der Waals surface area contributed by atoms with Crippen LogP contribution < -0.4 is 10.2 Å². The normalized spacial score (nSPS) is 16.0. The third-order valence-electron chi connectivity index (χ3n) is 6.10. The average Bonchev–Trinajstić information content (AvgIpc) is 3.39. The van der Waals surface area contributed by atoms with Gasteiger partial charge in [-0.25, -0.2) is 9.59 Å². The first-order chi connectivity index (χ1) is 17.1. The maximum atomic E-state index is 13.1. The molecule has 2 aliphatic heterocycles. The van der Waals surface area contributed by atoms with Gasteiger partial charge in [0.25, 0.3) is 5.91 Å². The molecule has 2 aliphatic rings. The van der Waals surface area contributed by atoms with Crippen molar-refractivity contribution in [1.82, 2.24) is 19.6 Å². The number of anilines is 2. The number of likely N-dealkylation sites (N-methyl/N-ethyl adjacent to an activating group) is 1. The Morgan fingerprint density at radius 2 is 1.67 bits per heavy atom. The lowest BCUT2D eigenvalue weighted by molar-refractivity contribution is 0.0238. The molecule has 36 heavy (non-hydrogen) atoms. The van der Waals surface area contributed by atoms with Crippen LogP contribution in [-0.4, -0.2) is 83.1 Å². The van der Waals surface area contributed by atoms with E-state index in [0.717, 1.165) is 36.5 Å². The summed E-state index contributed by atoms with van der Waals surface area (Å²) in [5.41, 5.74) is 1.94. The first-order valence-electron chi connectivity index (χ1n) is 12.2. The zero-order chi connectivity index (χ0) is 26.0. The number of nitrogens with one attached hydrogen (secondary N) is 1. The zero-order valence-electron chi connectivity index (χ0n) is 21.5. The molecule has 1 N–H and O–H groups in total. The van der Waals surface area contributed by atoms with Gasteiger partial charge in [0.1, 0.15) is 5.60 Å². The largest absolute Gasteiger partial charge is 0.448 e. The number of ether oxygens (including phenoxy) is 2. The predicted molar refractivity (Wildman–Crippen MR) is 134 cm³/mol. The fraction of sp³-hybridized carbons (Fsp3) is 0.520. The summed E-state index contributed by atoms with van der Waals surface area (Å²) in [6, 6.07) is 7.43. The molecule has 2 amide bonds. The number of amides is 2. The quantitative estimate of drug-likeness (QED) is 0.685. The number of carbonyl (C=O) groups excluding carboxylic acids is 3. The highest BCUT2D eigenvalue weighted by Gasteiger charge is 2.35. The highest BCUT2D eigenvalue weighted by atomic mass is 16.6. The van der Waals surface area contributed by atoms with Crippen LogP contribution in [0.2, 0.25) is 0 Å². The minimum Gasteiger partial charge on any atom is -0.448 e. The van der Waals surface area contributed by atoms with E-state index in [4.69, 9.17) is 9.47 Å². The minimum atomic E-state index is -0.670. The van der Waals surface area contributed by atoms with Crippen molar-refractivity contribution in [2.75, 3.05) is 50.1 Å². The first-order valence-corrected chi connectivity index (χ1v) is 12.2. The van der Waals surface area contributed by atoms with Gasteiger partial charge < -0.3 is 24.6 Å². The van der Waals surface area contributed by atoms with E-state index in [2.05, 4.69) is 27.3 Å². The molecule has 194 valence electrons. The second kappa shape index (κ2) is 10.2. The van der Waals surface area contributed by atoms with Gasteiger partial charge in [0.05, 0.1) is 25.4 Å². The fourth-order valence-corrected chi connectivity index (χ4v) is 4.20. The molecule has 0 saturated carbocycles. The van der Waals surface area contributed by atoms with Crippen molar-refractivity contribution in [3.8, 4) is 0 Å². The Bertz CT molecular complexity index is 1130. The Labute approximate surface area is 210 Å². The van der Waals surface area contributed by atoms with E-state index in [1.807, 2.05) is 12.1 Å². The van der Waals surface area contributed by atoms with Crippen molar-refractivity contribution in [2.45, 2.75) is 46.4 Å². The monoisotopic (exact) mass is 498 g/mol. The van der Waals surface area contributed by atoms with E-state index in [9.17, 15) is 14.4 Å². The molecule has 11 heteroatoms. The highest BCUT2D eigenvalue weighted by molar-refractivity contribution is 6.04. The van der Waals surface area contributed by atoms with Gasteiger partial charge >= 0.3 is 12.2 Å². The molecule has 3 heterocycles. The topological polar surface area (TPSA) is 109 Å². The predicted octanol–water partition coefficient (Wildman–Crippen LogP) is 3.14. The van der Waals surface area contributed by atoms with Crippen LogP contribution in [-0.2, 0) is 22.6 Å². The Balaban J connectivity index is 1.51. The van der Waals surface area contributed by atoms with Gasteiger partial charge in [0.15, 0.2) is 5.82 Å². The number of hydrogen-bond acceptors (Lipinski definition) is 8. The number of aromatic nitrogens is 2. The molecule has 0 spiro atoms. The molecule has 0 aliphatic carbocycles. The molecule has 0 bridgehead atoms. The molecule has 1 fully saturated rings. The van der Waals surface area contributed by atoms with Crippen LogP contribution in [0.3, 0.4) is 0 Å². The molecule has 4 rings (SSSR count). The molecular weight excluding hydrogens is 464 g/mol. The van der Waals surface area contributed by atoms with Crippen LogP contribution in [0.1, 0.15) is 49.3 Å². The van der Waals surface area contributed by atoms with Gasteiger partial charge in [0, 0.05) is 43.0 Å².